The number of carbonyl (C=O) groups is 3. The van der Waals surface area contributed by atoms with Gasteiger partial charge in [-0.25, -0.2) is 0 Å². The maximum atomic E-state index is 14.0. The molecule has 3 amide bonds. The molecule has 3 fully saturated rings. The number of fused-ring (bicyclic) bond motifs is 1. The Bertz CT molecular complexity index is 989. The number of aliphatic hydroxyl groups excluding tert-OH is 1. The van der Waals surface area contributed by atoms with E-state index in [9.17, 15) is 19.5 Å². The van der Waals surface area contributed by atoms with Crippen LogP contribution in [-0.4, -0.2) is 69.6 Å². The summed E-state index contributed by atoms with van der Waals surface area (Å²) >= 11 is 1.69. The molecule has 8 nitrogen and oxygen atoms in total. The first-order valence-corrected chi connectivity index (χ1v) is 14.6. The van der Waals surface area contributed by atoms with Crippen molar-refractivity contribution in [2.75, 3.05) is 31.6 Å². The number of thioether (sulfide) groups is 1. The minimum atomic E-state index is -0.597. The van der Waals surface area contributed by atoms with Gasteiger partial charge in [0, 0.05) is 30.1 Å². The SMILES string of the molecule is CCCCNC(=O)C1N(CCCCCO)C(=O)[C@@H]2[C@H](C(=O)Nc3ccc(OCC)cc3)[C@]3(C)CCC12S3. The molecule has 3 heterocycles. The summed E-state index contributed by atoms with van der Waals surface area (Å²) in [7, 11) is 0. The van der Waals surface area contributed by atoms with Gasteiger partial charge < -0.3 is 25.4 Å². The zero-order valence-corrected chi connectivity index (χ0v) is 23.1. The fourth-order valence-corrected chi connectivity index (χ4v) is 8.80. The number of nitrogens with one attached hydrogen (secondary N) is 2. The maximum absolute atomic E-state index is 14.0. The fraction of sp³-hybridized carbons (Fsp3) is 0.679. The Labute approximate surface area is 224 Å². The van der Waals surface area contributed by atoms with Crippen molar-refractivity contribution in [3.63, 3.8) is 0 Å². The molecule has 1 spiro atoms. The standard InChI is InChI=1S/C28H41N3O5S/c1-4-6-16-29-25(34)23-28-15-14-27(3,37-28)21(22(28)26(35)31(23)17-8-7-9-18-32)24(33)30-19-10-12-20(13-11-19)36-5-2/h10-13,21-23,32H,4-9,14-18H2,1-3H3,(H,29,34)(H,30,33)/t21-,22+,23?,27+,28?/m1/s1. The first-order chi connectivity index (χ1) is 17.8. The number of ether oxygens (including phenoxy) is 1. The molecule has 2 bridgehead atoms. The lowest BCUT2D eigenvalue weighted by Gasteiger charge is -2.34. The topological polar surface area (TPSA) is 108 Å². The van der Waals surface area contributed by atoms with Crippen LogP contribution in [-0.2, 0) is 14.4 Å². The lowest BCUT2D eigenvalue weighted by molar-refractivity contribution is -0.139. The van der Waals surface area contributed by atoms with Gasteiger partial charge in [0.05, 0.1) is 23.2 Å². The van der Waals surface area contributed by atoms with Crippen LogP contribution >= 0.6 is 11.8 Å². The van der Waals surface area contributed by atoms with Crippen molar-refractivity contribution in [3.05, 3.63) is 24.3 Å². The molecule has 5 atom stereocenters. The number of anilines is 1. The molecule has 1 aromatic carbocycles. The number of unbranched alkanes of at least 4 members (excludes halogenated alkanes) is 3. The Hall–Kier alpha value is -2.26. The van der Waals surface area contributed by atoms with Gasteiger partial charge in [-0.15, -0.1) is 11.8 Å². The Morgan fingerprint density at radius 3 is 2.54 bits per heavy atom. The highest BCUT2D eigenvalue weighted by Crippen LogP contribution is 2.71. The number of likely N-dealkylation sites (tertiary alicyclic amines) is 1. The Balaban J connectivity index is 1.59. The summed E-state index contributed by atoms with van der Waals surface area (Å²) in [6, 6.07) is 6.70. The van der Waals surface area contributed by atoms with Crippen LogP contribution in [0.25, 0.3) is 0 Å². The van der Waals surface area contributed by atoms with Crippen LogP contribution in [0.5, 0.6) is 5.75 Å². The van der Waals surface area contributed by atoms with Gasteiger partial charge in [-0.1, -0.05) is 13.3 Å². The molecule has 9 heteroatoms. The van der Waals surface area contributed by atoms with E-state index in [0.29, 0.717) is 31.8 Å². The van der Waals surface area contributed by atoms with E-state index in [2.05, 4.69) is 24.5 Å². The second kappa shape index (κ2) is 11.6. The summed E-state index contributed by atoms with van der Waals surface area (Å²) in [6.07, 6.45) is 5.58. The molecule has 0 saturated carbocycles. The molecule has 3 aliphatic rings. The molecule has 0 aliphatic carbocycles. The third-order valence-corrected chi connectivity index (χ3v) is 10.1. The van der Waals surface area contributed by atoms with Crippen molar-refractivity contribution in [2.24, 2.45) is 11.8 Å². The van der Waals surface area contributed by atoms with Gasteiger partial charge >= 0.3 is 0 Å². The average molecular weight is 532 g/mol. The minimum Gasteiger partial charge on any atom is -0.494 e. The monoisotopic (exact) mass is 531 g/mol. The zero-order valence-electron chi connectivity index (χ0n) is 22.3. The second-order valence-corrected chi connectivity index (χ2v) is 12.5. The normalized spacial score (nSPS) is 29.9. The van der Waals surface area contributed by atoms with Gasteiger partial charge in [-0.3, -0.25) is 14.4 Å². The van der Waals surface area contributed by atoms with Gasteiger partial charge in [0.1, 0.15) is 11.8 Å². The molecule has 1 aromatic rings. The number of amides is 3. The molecule has 0 aromatic heterocycles. The quantitative estimate of drug-likeness (QED) is 0.336. The lowest BCUT2D eigenvalue weighted by atomic mass is 9.66. The van der Waals surface area contributed by atoms with E-state index in [0.717, 1.165) is 44.3 Å². The highest BCUT2D eigenvalue weighted by atomic mass is 32.2. The molecule has 3 aliphatic heterocycles. The molecular formula is C28H41N3O5S. The van der Waals surface area contributed by atoms with Crippen LogP contribution in [0.1, 0.15) is 65.7 Å². The third kappa shape index (κ3) is 5.21. The number of hydrogen-bond acceptors (Lipinski definition) is 6. The van der Waals surface area contributed by atoms with Crippen molar-refractivity contribution in [3.8, 4) is 5.75 Å². The molecule has 3 saturated heterocycles. The van der Waals surface area contributed by atoms with Crippen LogP contribution in [0.3, 0.4) is 0 Å². The average Bonchev–Trinajstić information content (AvgIpc) is 3.44. The van der Waals surface area contributed by atoms with Crippen molar-refractivity contribution in [1.82, 2.24) is 10.2 Å². The molecule has 0 radical (unpaired) electrons. The van der Waals surface area contributed by atoms with Crippen LogP contribution < -0.4 is 15.4 Å². The molecule has 37 heavy (non-hydrogen) atoms. The predicted octanol–water partition coefficient (Wildman–Crippen LogP) is 3.58. The summed E-state index contributed by atoms with van der Waals surface area (Å²) in [4.78, 5) is 43.1. The molecule has 3 N–H and O–H groups in total. The van der Waals surface area contributed by atoms with E-state index in [-0.39, 0.29) is 24.3 Å². The van der Waals surface area contributed by atoms with Gasteiger partial charge in [-0.05, 0) is 76.6 Å². The Kier molecular flexibility index (Phi) is 8.74. The maximum Gasteiger partial charge on any atom is 0.244 e. The summed E-state index contributed by atoms with van der Waals surface area (Å²) in [5.74, 6) is -0.649. The summed E-state index contributed by atoms with van der Waals surface area (Å²) < 4.78 is 4.50. The summed E-state index contributed by atoms with van der Waals surface area (Å²) in [6.45, 7) is 7.82. The van der Waals surface area contributed by atoms with E-state index >= 15 is 0 Å². The van der Waals surface area contributed by atoms with Crippen LogP contribution in [0.15, 0.2) is 24.3 Å². The van der Waals surface area contributed by atoms with Gasteiger partial charge in [0.2, 0.25) is 17.7 Å². The zero-order chi connectivity index (χ0) is 26.6. The number of hydrogen-bond donors (Lipinski definition) is 3. The highest BCUT2D eigenvalue weighted by molar-refractivity contribution is 8.02. The minimum absolute atomic E-state index is 0.0811. The van der Waals surface area contributed by atoms with Gasteiger partial charge in [0.15, 0.2) is 0 Å². The summed E-state index contributed by atoms with van der Waals surface area (Å²) in [5, 5.41) is 15.3. The van der Waals surface area contributed by atoms with Gasteiger partial charge in [0.25, 0.3) is 0 Å². The number of nitrogens with zero attached hydrogens (tertiary/aromatic N) is 1. The molecular weight excluding hydrogens is 490 g/mol. The number of rotatable bonds is 13. The summed E-state index contributed by atoms with van der Waals surface area (Å²) in [5.41, 5.74) is 0.666. The molecule has 2 unspecified atom stereocenters. The lowest BCUT2D eigenvalue weighted by Crippen LogP contribution is -2.53. The largest absolute Gasteiger partial charge is 0.494 e. The second-order valence-electron chi connectivity index (χ2n) is 10.6. The molecule has 204 valence electrons. The van der Waals surface area contributed by atoms with E-state index in [1.54, 1.807) is 16.7 Å². The smallest absolute Gasteiger partial charge is 0.244 e. The van der Waals surface area contributed by atoms with Crippen LogP contribution in [0.2, 0.25) is 0 Å². The Morgan fingerprint density at radius 1 is 1.11 bits per heavy atom. The van der Waals surface area contributed by atoms with Gasteiger partial charge in [-0.2, -0.15) is 0 Å². The predicted molar refractivity (Wildman–Crippen MR) is 146 cm³/mol. The van der Waals surface area contributed by atoms with E-state index in [4.69, 9.17) is 4.74 Å². The van der Waals surface area contributed by atoms with Crippen molar-refractivity contribution < 1.29 is 24.2 Å². The van der Waals surface area contributed by atoms with E-state index in [1.807, 2.05) is 31.2 Å². The van der Waals surface area contributed by atoms with Crippen molar-refractivity contribution in [1.29, 1.82) is 0 Å². The van der Waals surface area contributed by atoms with Crippen LogP contribution in [0.4, 0.5) is 5.69 Å². The van der Waals surface area contributed by atoms with Crippen molar-refractivity contribution in [2.45, 2.75) is 81.3 Å². The number of carbonyl (C=O) groups excluding carboxylic acids is 3. The Morgan fingerprint density at radius 2 is 1.86 bits per heavy atom. The highest BCUT2D eigenvalue weighted by Gasteiger charge is 2.76. The third-order valence-electron chi connectivity index (χ3n) is 8.13. The van der Waals surface area contributed by atoms with Crippen LogP contribution in [0, 0.1) is 11.8 Å². The van der Waals surface area contributed by atoms with Crippen molar-refractivity contribution >= 4 is 35.2 Å². The number of aliphatic hydroxyl groups is 1. The van der Waals surface area contributed by atoms with E-state index in [1.165, 1.54) is 0 Å². The van der Waals surface area contributed by atoms with E-state index < -0.39 is 27.4 Å². The first-order valence-electron chi connectivity index (χ1n) is 13.7. The molecule has 4 rings (SSSR count). The number of benzene rings is 1. The first kappa shape index (κ1) is 27.8. The fourth-order valence-electron chi connectivity index (χ4n) is 6.44.